The average molecular weight is 956 g/mol. The highest BCUT2D eigenvalue weighted by atomic mass is 28.3. The smallest absolute Gasteiger partial charge is 0.179 e. The fraction of sp³-hybridized carbons (Fsp3) is 0.134. The number of rotatable bonds is 9. The molecule has 2 aliphatic heterocycles. The first-order valence-corrected chi connectivity index (χ1v) is 28.2. The van der Waals surface area contributed by atoms with Crippen molar-refractivity contribution in [1.82, 2.24) is 19.1 Å². The minimum Gasteiger partial charge on any atom is -0.366 e. The van der Waals surface area contributed by atoms with E-state index in [0.29, 0.717) is 17.9 Å². The molecule has 0 unspecified atom stereocenters. The zero-order chi connectivity index (χ0) is 48.0. The van der Waals surface area contributed by atoms with E-state index in [1.54, 1.807) is 0 Å². The number of hydrogen-bond donors (Lipinski definition) is 0. The van der Waals surface area contributed by atoms with Gasteiger partial charge in [-0.3, -0.25) is 9.13 Å². The van der Waals surface area contributed by atoms with Gasteiger partial charge in [0.15, 0.2) is 13.9 Å². The molecule has 2 aliphatic carbocycles. The van der Waals surface area contributed by atoms with Crippen molar-refractivity contribution >= 4 is 78.1 Å². The lowest BCUT2D eigenvalue weighted by atomic mass is 9.63. The van der Waals surface area contributed by atoms with Gasteiger partial charge in [-0.05, 0) is 118 Å². The zero-order valence-electron chi connectivity index (χ0n) is 40.6. The SMILES string of the molecule is c1ccc(-c2ccc3c(c2)c2ccccc2n3-c2cc(-n3c4ccccc4c4cc(N5C6CC7CC(C6)CC5C7)ccc43)nc(-c3cccc([Si](c4ccccc4)(c4ccccc4)c4ccccc4)c3)n2)cc1. The standard InChI is InChI=1S/C67H53N5Si/c1-5-18-47(19-6-1)48-32-34-63-59(42-48)57-28-13-15-30-61(57)71(63)65-44-66(72-62-31-16-14-29-58(62)60-43-50(33-35-64(60)72)70-51-37-45-36-46(39-51)40-52(70)38-45)69-67(68-65)49-20-17-27-56(41-49)73(53-21-7-2-8-22-53,54-23-9-3-10-24-54)55-25-11-4-12-26-55/h1-35,41-46,51-52H,36-40H2. The summed E-state index contributed by atoms with van der Waals surface area (Å²) >= 11 is 0. The lowest BCUT2D eigenvalue weighted by Crippen LogP contribution is -2.74. The molecule has 2 saturated carbocycles. The molecule has 73 heavy (non-hydrogen) atoms. The van der Waals surface area contributed by atoms with Crippen LogP contribution >= 0.6 is 0 Å². The number of benzene rings is 9. The van der Waals surface area contributed by atoms with E-state index in [9.17, 15) is 0 Å². The topological polar surface area (TPSA) is 38.9 Å². The van der Waals surface area contributed by atoms with Gasteiger partial charge in [0.05, 0.1) is 22.1 Å². The third-order valence-corrected chi connectivity index (χ3v) is 21.7. The van der Waals surface area contributed by atoms with E-state index in [1.807, 2.05) is 0 Å². The quantitative estimate of drug-likeness (QED) is 0.107. The van der Waals surface area contributed by atoms with Crippen LogP contribution in [0.5, 0.6) is 0 Å². The summed E-state index contributed by atoms with van der Waals surface area (Å²) in [5.41, 5.74) is 9.23. The summed E-state index contributed by atoms with van der Waals surface area (Å²) in [6.45, 7) is 0. The Bertz CT molecular complexity index is 3930. The van der Waals surface area contributed by atoms with E-state index < -0.39 is 8.07 Å². The molecule has 0 N–H and O–H groups in total. The van der Waals surface area contributed by atoms with Crippen LogP contribution in [-0.2, 0) is 0 Å². The van der Waals surface area contributed by atoms with Gasteiger partial charge in [0.1, 0.15) is 11.6 Å². The lowest BCUT2D eigenvalue weighted by molar-refractivity contribution is 0.0900. The van der Waals surface area contributed by atoms with Crippen molar-refractivity contribution in [2.24, 2.45) is 11.8 Å². The Morgan fingerprint density at radius 3 is 1.34 bits per heavy atom. The molecule has 3 aromatic heterocycles. The molecular formula is C67H53N5Si. The van der Waals surface area contributed by atoms with Gasteiger partial charge in [0, 0.05) is 50.9 Å². The first kappa shape index (κ1) is 42.4. The van der Waals surface area contributed by atoms with Crippen LogP contribution in [-0.4, -0.2) is 39.3 Å². The molecule has 2 saturated heterocycles. The molecule has 4 fully saturated rings. The molecule has 6 heteroatoms. The van der Waals surface area contributed by atoms with Gasteiger partial charge in [-0.25, -0.2) is 9.97 Å². The Kier molecular flexibility index (Phi) is 9.81. The zero-order valence-corrected chi connectivity index (χ0v) is 41.6. The molecule has 12 aromatic rings. The molecule has 0 spiro atoms. The summed E-state index contributed by atoms with van der Waals surface area (Å²) in [5.74, 6) is 4.15. The summed E-state index contributed by atoms with van der Waals surface area (Å²) in [5, 5.41) is 10.1. The van der Waals surface area contributed by atoms with Crippen LogP contribution in [0.2, 0.25) is 0 Å². The van der Waals surface area contributed by atoms with E-state index >= 15 is 0 Å². The summed E-state index contributed by atoms with van der Waals surface area (Å²) in [4.78, 5) is 14.3. The number of nitrogens with zero attached hydrogens (tertiary/aromatic N) is 5. The van der Waals surface area contributed by atoms with E-state index in [-0.39, 0.29) is 0 Å². The van der Waals surface area contributed by atoms with Crippen LogP contribution in [0.15, 0.2) is 237 Å². The molecule has 16 rings (SSSR count). The highest BCUT2D eigenvalue weighted by molar-refractivity contribution is 7.19. The Balaban J connectivity index is 0.979. The maximum atomic E-state index is 5.73. The molecule has 9 aromatic carbocycles. The van der Waals surface area contributed by atoms with Gasteiger partial charge in [0.2, 0.25) is 0 Å². The number of para-hydroxylation sites is 2. The van der Waals surface area contributed by atoms with Crippen molar-refractivity contribution in [1.29, 1.82) is 0 Å². The molecule has 5 nitrogen and oxygen atoms in total. The number of fused-ring (bicyclic) bond motifs is 6. The molecule has 4 bridgehead atoms. The van der Waals surface area contributed by atoms with E-state index in [4.69, 9.17) is 9.97 Å². The van der Waals surface area contributed by atoms with Gasteiger partial charge < -0.3 is 4.90 Å². The number of anilines is 1. The fourth-order valence-electron chi connectivity index (χ4n) is 14.1. The van der Waals surface area contributed by atoms with Gasteiger partial charge in [0.25, 0.3) is 0 Å². The maximum absolute atomic E-state index is 5.73. The molecule has 4 aliphatic rings. The van der Waals surface area contributed by atoms with Gasteiger partial charge in [-0.2, -0.15) is 0 Å². The highest BCUT2D eigenvalue weighted by Gasteiger charge is 2.47. The summed E-state index contributed by atoms with van der Waals surface area (Å²) in [6, 6.07) is 88.8. The summed E-state index contributed by atoms with van der Waals surface area (Å²) in [7, 11) is -2.88. The molecule has 5 heterocycles. The van der Waals surface area contributed by atoms with Crippen LogP contribution in [0.25, 0.3) is 77.8 Å². The second-order valence-corrected chi connectivity index (χ2v) is 24.8. The number of hydrogen-bond acceptors (Lipinski definition) is 3. The fourth-order valence-corrected chi connectivity index (χ4v) is 18.9. The van der Waals surface area contributed by atoms with Gasteiger partial charge in [-0.1, -0.05) is 188 Å². The predicted molar refractivity (Wildman–Crippen MR) is 305 cm³/mol. The summed E-state index contributed by atoms with van der Waals surface area (Å²) in [6.07, 6.45) is 6.79. The average Bonchev–Trinajstić information content (AvgIpc) is 3.96. The molecule has 0 atom stereocenters. The van der Waals surface area contributed by atoms with E-state index in [1.165, 1.54) is 91.2 Å². The first-order valence-electron chi connectivity index (χ1n) is 26.2. The van der Waals surface area contributed by atoms with Crippen molar-refractivity contribution in [3.05, 3.63) is 237 Å². The Labute approximate surface area is 426 Å². The van der Waals surface area contributed by atoms with Crippen LogP contribution in [0, 0.1) is 11.8 Å². The number of piperidine rings is 2. The summed E-state index contributed by atoms with van der Waals surface area (Å²) < 4.78 is 4.76. The predicted octanol–water partition coefficient (Wildman–Crippen LogP) is 13.1. The van der Waals surface area contributed by atoms with Gasteiger partial charge >= 0.3 is 0 Å². The monoisotopic (exact) mass is 955 g/mol. The van der Waals surface area contributed by atoms with Crippen molar-refractivity contribution in [3.8, 4) is 34.2 Å². The van der Waals surface area contributed by atoms with Crippen LogP contribution in [0.1, 0.15) is 32.1 Å². The van der Waals surface area contributed by atoms with Crippen molar-refractivity contribution < 1.29 is 0 Å². The van der Waals surface area contributed by atoms with Crippen molar-refractivity contribution in [2.75, 3.05) is 4.90 Å². The lowest BCUT2D eigenvalue weighted by Gasteiger charge is -2.57. The normalized spacial score (nSPS) is 18.4. The molecular weight excluding hydrogens is 903 g/mol. The second-order valence-electron chi connectivity index (χ2n) is 21.0. The van der Waals surface area contributed by atoms with Crippen molar-refractivity contribution in [2.45, 2.75) is 44.2 Å². The minimum atomic E-state index is -2.88. The first-order chi connectivity index (χ1) is 36.2. The molecule has 350 valence electrons. The van der Waals surface area contributed by atoms with Crippen LogP contribution in [0.3, 0.4) is 0 Å². The maximum Gasteiger partial charge on any atom is 0.179 e. The number of aromatic nitrogens is 4. The molecule has 0 radical (unpaired) electrons. The highest BCUT2D eigenvalue weighted by Crippen LogP contribution is 2.51. The third kappa shape index (κ3) is 6.73. The Morgan fingerprint density at radius 1 is 0.329 bits per heavy atom. The van der Waals surface area contributed by atoms with E-state index in [2.05, 4.69) is 251 Å². The van der Waals surface area contributed by atoms with Crippen LogP contribution in [0.4, 0.5) is 5.69 Å². The second kappa shape index (κ2) is 16.9. The Morgan fingerprint density at radius 2 is 0.781 bits per heavy atom. The van der Waals surface area contributed by atoms with Crippen LogP contribution < -0.4 is 25.6 Å². The van der Waals surface area contributed by atoms with E-state index in [0.717, 1.165) is 51.1 Å². The molecule has 0 amide bonds. The minimum absolute atomic E-state index is 0.646. The largest absolute Gasteiger partial charge is 0.366 e. The third-order valence-electron chi connectivity index (χ3n) is 16.9. The Hall–Kier alpha value is -8.32. The van der Waals surface area contributed by atoms with Gasteiger partial charge in [-0.15, -0.1) is 0 Å². The van der Waals surface area contributed by atoms with Crippen molar-refractivity contribution in [3.63, 3.8) is 0 Å².